The molecule has 14 nitrogen and oxygen atoms in total. The summed E-state index contributed by atoms with van der Waals surface area (Å²) in [6, 6.07) is 2.87. The van der Waals surface area contributed by atoms with Gasteiger partial charge in [-0.3, -0.25) is 0 Å². The van der Waals surface area contributed by atoms with Crippen molar-refractivity contribution in [1.29, 1.82) is 0 Å². The second-order valence-corrected chi connectivity index (χ2v) is 7.85. The average molecular weight is 496 g/mol. The third kappa shape index (κ3) is 4.92. The summed E-state index contributed by atoms with van der Waals surface area (Å²) >= 11 is 0. The van der Waals surface area contributed by atoms with Gasteiger partial charge < -0.3 is 55.4 Å². The van der Waals surface area contributed by atoms with Gasteiger partial charge in [-0.2, -0.15) is 0 Å². The zero-order valence-corrected chi connectivity index (χ0v) is 17.5. The van der Waals surface area contributed by atoms with E-state index in [0.717, 1.165) is 12.1 Å². The van der Waals surface area contributed by atoms with Gasteiger partial charge in [-0.05, 0) is 24.3 Å². The fourth-order valence-electron chi connectivity index (χ4n) is 3.52. The van der Waals surface area contributed by atoms with Gasteiger partial charge in [-0.25, -0.2) is 14.4 Å². The molecular formula is C21H20O14. The molecule has 0 spiro atoms. The van der Waals surface area contributed by atoms with Gasteiger partial charge in [-0.1, -0.05) is 0 Å². The number of hydrogen-bond acceptors (Lipinski definition) is 13. The van der Waals surface area contributed by atoms with Gasteiger partial charge in [0.2, 0.25) is 0 Å². The molecule has 0 aliphatic heterocycles. The molecule has 188 valence electrons. The minimum atomic E-state index is -2.60. The number of phenolic OH excluding ortho intramolecular Hbond substituents is 6. The number of aliphatic hydroxyl groups excluding tert-OH is 1. The highest BCUT2D eigenvalue weighted by Gasteiger charge is 2.52. The van der Waals surface area contributed by atoms with Crippen LogP contribution in [0, 0.1) is 0 Å². The van der Waals surface area contributed by atoms with Crippen molar-refractivity contribution in [1.82, 2.24) is 0 Å². The molecule has 2 aromatic rings. The van der Waals surface area contributed by atoms with Crippen LogP contribution in [0.3, 0.4) is 0 Å². The molecular weight excluding hydrogens is 476 g/mol. The number of phenols is 6. The van der Waals surface area contributed by atoms with Crippen molar-refractivity contribution in [3.05, 3.63) is 35.4 Å². The number of aliphatic carboxylic acids is 1. The van der Waals surface area contributed by atoms with E-state index in [1.165, 1.54) is 0 Å². The third-order valence-corrected chi connectivity index (χ3v) is 5.34. The van der Waals surface area contributed by atoms with Crippen molar-refractivity contribution in [2.75, 3.05) is 0 Å². The Kier molecular flexibility index (Phi) is 6.53. The maximum atomic E-state index is 12.6. The van der Waals surface area contributed by atoms with Crippen LogP contribution >= 0.6 is 0 Å². The lowest BCUT2D eigenvalue weighted by Crippen LogP contribution is -2.58. The number of rotatable bonds is 5. The van der Waals surface area contributed by atoms with Crippen LogP contribution in [0.5, 0.6) is 34.5 Å². The first-order chi connectivity index (χ1) is 16.2. The predicted molar refractivity (Wildman–Crippen MR) is 109 cm³/mol. The number of carboxylic acids is 1. The average Bonchev–Trinajstić information content (AvgIpc) is 2.77. The van der Waals surface area contributed by atoms with Crippen LogP contribution in [0.15, 0.2) is 24.3 Å². The zero-order chi connectivity index (χ0) is 26.2. The highest BCUT2D eigenvalue weighted by atomic mass is 16.6. The second kappa shape index (κ2) is 9.08. The molecule has 9 N–H and O–H groups in total. The number of aliphatic hydroxyl groups is 2. The third-order valence-electron chi connectivity index (χ3n) is 5.34. The number of ether oxygens (including phenoxy) is 2. The van der Waals surface area contributed by atoms with Crippen molar-refractivity contribution in [2.45, 2.75) is 36.8 Å². The Balaban J connectivity index is 1.91. The normalized spacial score (nSPS) is 23.9. The minimum Gasteiger partial charge on any atom is -0.504 e. The smallest absolute Gasteiger partial charge is 0.338 e. The van der Waals surface area contributed by atoms with E-state index in [1.807, 2.05) is 0 Å². The van der Waals surface area contributed by atoms with Crippen LogP contribution < -0.4 is 0 Å². The highest BCUT2D eigenvalue weighted by Crippen LogP contribution is 2.38. The summed E-state index contributed by atoms with van der Waals surface area (Å²) in [5.74, 6) is -9.76. The number of hydrogen-bond donors (Lipinski definition) is 9. The van der Waals surface area contributed by atoms with Gasteiger partial charge in [0.15, 0.2) is 46.2 Å². The maximum absolute atomic E-state index is 12.6. The summed E-state index contributed by atoms with van der Waals surface area (Å²) in [6.07, 6.45) is -7.11. The summed E-state index contributed by atoms with van der Waals surface area (Å²) in [5.41, 5.74) is -3.61. The van der Waals surface area contributed by atoms with Crippen LogP contribution in [0.25, 0.3) is 0 Å². The topological polar surface area (TPSA) is 252 Å². The van der Waals surface area contributed by atoms with E-state index in [4.69, 9.17) is 9.47 Å². The molecule has 0 amide bonds. The van der Waals surface area contributed by atoms with Crippen LogP contribution in [0.2, 0.25) is 0 Å². The van der Waals surface area contributed by atoms with Gasteiger partial charge in [0.05, 0.1) is 17.2 Å². The molecule has 0 unspecified atom stereocenters. The number of carboxylic acid groups (broad SMARTS) is 1. The molecule has 1 saturated carbocycles. The Hall–Kier alpha value is -4.43. The fraction of sp³-hybridized carbons (Fsp3) is 0.286. The molecule has 0 aromatic heterocycles. The summed E-state index contributed by atoms with van der Waals surface area (Å²) in [7, 11) is 0. The Labute approximate surface area is 195 Å². The maximum Gasteiger partial charge on any atom is 0.338 e. The number of carbonyl (C=O) groups is 3. The van der Waals surface area contributed by atoms with Gasteiger partial charge in [0, 0.05) is 12.8 Å². The van der Waals surface area contributed by atoms with E-state index in [-0.39, 0.29) is 0 Å². The largest absolute Gasteiger partial charge is 0.504 e. The SMILES string of the molecule is O=C(O[C@H]1[C@H](O)C[C@@](O)(C(=O)O)C[C@H]1OC(=O)c1cc(O)c(O)c(O)c1)c1cc(O)c(O)c(O)c1. The van der Waals surface area contributed by atoms with E-state index < -0.39 is 100 Å². The van der Waals surface area contributed by atoms with Crippen LogP contribution in [0.4, 0.5) is 0 Å². The van der Waals surface area contributed by atoms with E-state index >= 15 is 0 Å². The monoisotopic (exact) mass is 496 g/mol. The van der Waals surface area contributed by atoms with Crippen molar-refractivity contribution in [3.8, 4) is 34.5 Å². The Morgan fingerprint density at radius 2 is 1.14 bits per heavy atom. The van der Waals surface area contributed by atoms with Gasteiger partial charge >= 0.3 is 17.9 Å². The lowest BCUT2D eigenvalue weighted by molar-refractivity contribution is -0.187. The molecule has 0 heterocycles. The molecule has 1 fully saturated rings. The summed E-state index contributed by atoms with van der Waals surface area (Å²) in [6.45, 7) is 0. The zero-order valence-electron chi connectivity index (χ0n) is 17.5. The number of esters is 2. The first kappa shape index (κ1) is 25.2. The lowest BCUT2D eigenvalue weighted by atomic mass is 9.79. The van der Waals surface area contributed by atoms with Gasteiger partial charge in [-0.15, -0.1) is 0 Å². The summed E-state index contributed by atoms with van der Waals surface area (Å²) in [5, 5.41) is 87.3. The van der Waals surface area contributed by atoms with Crippen molar-refractivity contribution < 1.29 is 69.8 Å². The molecule has 14 heteroatoms. The molecule has 1 aliphatic rings. The van der Waals surface area contributed by atoms with E-state index in [9.17, 15) is 60.3 Å². The van der Waals surface area contributed by atoms with Crippen LogP contribution in [-0.4, -0.2) is 87.8 Å². The van der Waals surface area contributed by atoms with E-state index in [0.29, 0.717) is 12.1 Å². The highest BCUT2D eigenvalue weighted by molar-refractivity contribution is 5.92. The quantitative estimate of drug-likeness (QED) is 0.189. The minimum absolute atomic E-state index is 0.498. The lowest BCUT2D eigenvalue weighted by Gasteiger charge is -2.40. The summed E-state index contributed by atoms with van der Waals surface area (Å²) in [4.78, 5) is 36.6. The standard InChI is InChI=1S/C21H20O14/c22-9-1-7(2-10(23)15(9)27)18(29)34-14-6-21(33,20(31)32)5-13(26)17(14)35-19(30)8-3-11(24)16(28)12(25)4-8/h1-4,13-14,17,22-28,33H,5-6H2,(H,31,32)/t13-,14-,17+,21+/m1/s1. The van der Waals surface area contributed by atoms with Crippen LogP contribution in [0.1, 0.15) is 33.6 Å². The summed E-state index contributed by atoms with van der Waals surface area (Å²) < 4.78 is 10.2. The molecule has 0 bridgehead atoms. The van der Waals surface area contributed by atoms with Crippen molar-refractivity contribution in [2.24, 2.45) is 0 Å². The van der Waals surface area contributed by atoms with Gasteiger partial charge in [0.25, 0.3) is 0 Å². The Morgan fingerprint density at radius 3 is 1.54 bits per heavy atom. The molecule has 0 saturated heterocycles. The molecule has 3 rings (SSSR count). The molecule has 2 aromatic carbocycles. The van der Waals surface area contributed by atoms with E-state index in [2.05, 4.69) is 0 Å². The molecule has 4 atom stereocenters. The first-order valence-electron chi connectivity index (χ1n) is 9.79. The number of aromatic hydroxyl groups is 6. The molecule has 35 heavy (non-hydrogen) atoms. The second-order valence-electron chi connectivity index (χ2n) is 7.85. The Bertz CT molecular complexity index is 1140. The molecule has 1 aliphatic carbocycles. The Morgan fingerprint density at radius 1 is 0.743 bits per heavy atom. The van der Waals surface area contributed by atoms with Crippen molar-refractivity contribution in [3.63, 3.8) is 0 Å². The predicted octanol–water partition coefficient (Wildman–Crippen LogP) is -0.358. The van der Waals surface area contributed by atoms with Crippen LogP contribution in [-0.2, 0) is 14.3 Å². The van der Waals surface area contributed by atoms with Crippen molar-refractivity contribution >= 4 is 17.9 Å². The number of carbonyl (C=O) groups excluding carboxylic acids is 2. The number of benzene rings is 2. The molecule has 0 radical (unpaired) electrons. The van der Waals surface area contributed by atoms with E-state index in [1.54, 1.807) is 0 Å². The first-order valence-corrected chi connectivity index (χ1v) is 9.79. The van der Waals surface area contributed by atoms with Gasteiger partial charge in [0.1, 0.15) is 6.10 Å². The fourth-order valence-corrected chi connectivity index (χ4v) is 3.52.